The van der Waals surface area contributed by atoms with E-state index in [0.717, 1.165) is 19.3 Å². The number of alkyl halides is 1. The SMILES string of the molecule is COCC1OC(OC)C(O)C(OC)C1OC.COCC1OC(OC)C([18F])C(OC)C1OC.[CH2-]CC.[CH2-]CCCO.[Y].[Y]. The molecule has 2 aliphatic heterocycles. The number of hydrogen-bond donors (Lipinski definition) is 2. The van der Waals surface area contributed by atoms with Crippen molar-refractivity contribution < 1.29 is 127 Å². The molecular formula is C27H55FO12Y2-2. The van der Waals surface area contributed by atoms with Gasteiger partial charge >= 0.3 is 0 Å². The molecule has 250 valence electrons. The monoisotopic (exact) mass is 767 g/mol. The van der Waals surface area contributed by atoms with Gasteiger partial charge in [-0.05, 0) is 0 Å². The van der Waals surface area contributed by atoms with E-state index < -0.39 is 49.3 Å². The number of hydrogen-bond acceptors (Lipinski definition) is 12. The topological polar surface area (TPSA) is 133 Å². The number of unbranched alkanes of at least 4 members (excludes halogenated alkanes) is 1. The molecule has 2 aliphatic rings. The van der Waals surface area contributed by atoms with Gasteiger partial charge in [0.1, 0.15) is 42.7 Å². The molecule has 0 saturated carbocycles. The van der Waals surface area contributed by atoms with Crippen molar-refractivity contribution in [2.45, 2.75) is 87.7 Å². The third kappa shape index (κ3) is 18.1. The first kappa shape index (κ1) is 50.5. The van der Waals surface area contributed by atoms with Crippen molar-refractivity contribution in [3.63, 3.8) is 0 Å². The summed E-state index contributed by atoms with van der Waals surface area (Å²) < 4.78 is 65.6. The molecule has 2 radical (unpaired) electrons. The molecule has 2 N–H and O–H groups in total. The molecule has 2 saturated heterocycles. The largest absolute Gasteiger partial charge is 0.396 e. The minimum absolute atomic E-state index is 0. The molecule has 0 spiro atoms. The predicted molar refractivity (Wildman–Crippen MR) is 147 cm³/mol. The molecule has 42 heavy (non-hydrogen) atoms. The van der Waals surface area contributed by atoms with E-state index in [1.807, 2.05) is 6.92 Å². The number of ether oxygens (including phenoxy) is 10. The Kier molecular flexibility index (Phi) is 39.2. The van der Waals surface area contributed by atoms with Gasteiger partial charge in [-0.25, -0.2) is 4.39 Å². The number of rotatable bonds is 12. The number of halogens is 1. The second-order valence-corrected chi connectivity index (χ2v) is 8.63. The van der Waals surface area contributed by atoms with Crippen LogP contribution in [0.1, 0.15) is 26.2 Å². The van der Waals surface area contributed by atoms with Gasteiger partial charge in [-0.2, -0.15) is 12.8 Å². The van der Waals surface area contributed by atoms with Gasteiger partial charge in [-0.15, -0.1) is 0 Å². The van der Waals surface area contributed by atoms with Crippen molar-refractivity contribution in [2.75, 3.05) is 76.7 Å². The van der Waals surface area contributed by atoms with E-state index in [4.69, 9.17) is 52.5 Å². The maximum atomic E-state index is 13.9. The number of methoxy groups -OCH3 is 8. The van der Waals surface area contributed by atoms with Crippen LogP contribution in [0.25, 0.3) is 0 Å². The standard InChI is InChI=1S/C10H19FO5.C10H20O6.C4H9O.C3H7.2Y/c2*1-12-5-6-8(13-2)9(14-3)7(11)10(15-4)16-6;1-2-3-4-5;1-3-2;;/h6-10H,5H2,1-4H3;6-11H,5H2,1-4H3;5H,1-4H2;1,3H2,2H3;;/q;;2*-1;;/i11-1;;;;;. The quantitative estimate of drug-likeness (QED) is 0.280. The Balaban J connectivity index is -0.000000264. The van der Waals surface area contributed by atoms with E-state index in [9.17, 15) is 9.50 Å². The maximum Gasteiger partial charge on any atom is 0.191 e. The van der Waals surface area contributed by atoms with Crippen LogP contribution >= 0.6 is 0 Å². The fourth-order valence-electron chi connectivity index (χ4n) is 3.96. The Labute approximate surface area is 303 Å². The van der Waals surface area contributed by atoms with Crippen molar-refractivity contribution in [3.8, 4) is 0 Å². The molecular weight excluding hydrogens is 712 g/mol. The summed E-state index contributed by atoms with van der Waals surface area (Å²) in [6.07, 6.45) is -4.10. The van der Waals surface area contributed by atoms with Gasteiger partial charge < -0.3 is 71.4 Å². The molecule has 10 atom stereocenters. The van der Waals surface area contributed by atoms with Crippen LogP contribution in [0.5, 0.6) is 0 Å². The number of aliphatic hydroxyl groups is 2. The molecule has 15 heteroatoms. The van der Waals surface area contributed by atoms with Crippen LogP contribution in [0, 0.1) is 13.8 Å². The van der Waals surface area contributed by atoms with Crippen molar-refractivity contribution in [2.24, 2.45) is 0 Å². The molecule has 0 aromatic carbocycles. The fourth-order valence-corrected chi connectivity index (χ4v) is 3.96. The van der Waals surface area contributed by atoms with E-state index in [0.29, 0.717) is 13.2 Å². The zero-order valence-electron chi connectivity index (χ0n) is 26.9. The fraction of sp³-hybridized carbons (Fsp3) is 0.926. The summed E-state index contributed by atoms with van der Waals surface area (Å²) in [4.78, 5) is 0. The molecule has 0 aliphatic carbocycles. The maximum absolute atomic E-state index is 13.9. The first-order chi connectivity index (χ1) is 19.2. The average molecular weight is 768 g/mol. The predicted octanol–water partition coefficient (Wildman–Crippen LogP) is 1.59. The summed E-state index contributed by atoms with van der Waals surface area (Å²) in [5.41, 5.74) is 0. The van der Waals surface area contributed by atoms with Crippen LogP contribution in [-0.4, -0.2) is 148 Å². The van der Waals surface area contributed by atoms with Gasteiger partial charge in [0.05, 0.1) is 13.2 Å². The van der Waals surface area contributed by atoms with Crippen molar-refractivity contribution in [1.82, 2.24) is 0 Å². The van der Waals surface area contributed by atoms with Crippen molar-refractivity contribution >= 4 is 0 Å². The van der Waals surface area contributed by atoms with Crippen molar-refractivity contribution in [3.05, 3.63) is 13.8 Å². The Bertz CT molecular complexity index is 509. The molecule has 0 aromatic rings. The average Bonchev–Trinajstić information content (AvgIpc) is 2.95. The zero-order valence-corrected chi connectivity index (χ0v) is 32.6. The minimum atomic E-state index is -1.38. The summed E-state index contributed by atoms with van der Waals surface area (Å²) in [7, 11) is 12.0. The molecule has 0 amide bonds. The van der Waals surface area contributed by atoms with Crippen LogP contribution < -0.4 is 0 Å². The Morgan fingerprint density at radius 3 is 1.33 bits per heavy atom. The van der Waals surface area contributed by atoms with E-state index in [1.54, 1.807) is 21.3 Å². The van der Waals surface area contributed by atoms with Crippen LogP contribution in [0.2, 0.25) is 0 Å². The van der Waals surface area contributed by atoms with E-state index >= 15 is 0 Å². The van der Waals surface area contributed by atoms with Crippen LogP contribution in [0.15, 0.2) is 0 Å². The van der Waals surface area contributed by atoms with E-state index in [1.165, 1.54) is 35.5 Å². The van der Waals surface area contributed by atoms with Gasteiger partial charge in [-0.1, -0.05) is 13.3 Å². The summed E-state index contributed by atoms with van der Waals surface area (Å²) in [5, 5.41) is 17.9. The summed E-state index contributed by atoms with van der Waals surface area (Å²) >= 11 is 0. The summed E-state index contributed by atoms with van der Waals surface area (Å²) in [6.45, 7) is 9.95. The van der Waals surface area contributed by atoms with Gasteiger partial charge in [-0.3, -0.25) is 0 Å². The van der Waals surface area contributed by atoms with Crippen LogP contribution in [-0.2, 0) is 113 Å². The third-order valence-electron chi connectivity index (χ3n) is 5.81. The summed E-state index contributed by atoms with van der Waals surface area (Å²) in [6, 6.07) is 0. The minimum Gasteiger partial charge on any atom is -0.396 e. The van der Waals surface area contributed by atoms with Crippen LogP contribution in [0.4, 0.5) is 4.39 Å². The van der Waals surface area contributed by atoms with E-state index in [-0.39, 0.29) is 84.2 Å². The zero-order chi connectivity index (χ0) is 31.1. The molecule has 2 heterocycles. The van der Waals surface area contributed by atoms with Gasteiger partial charge in [0, 0.05) is 129 Å². The van der Waals surface area contributed by atoms with E-state index in [2.05, 4.69) is 13.8 Å². The van der Waals surface area contributed by atoms with Gasteiger partial charge in [0.2, 0.25) is 0 Å². The Hall–Kier alpha value is 1.66. The van der Waals surface area contributed by atoms with Crippen LogP contribution in [0.3, 0.4) is 0 Å². The van der Waals surface area contributed by atoms with Crippen molar-refractivity contribution in [1.29, 1.82) is 0 Å². The van der Waals surface area contributed by atoms with Gasteiger partial charge in [0.15, 0.2) is 18.8 Å². The molecule has 12 nitrogen and oxygen atoms in total. The second kappa shape index (κ2) is 32.6. The number of aliphatic hydroxyl groups excluding tert-OH is 2. The Morgan fingerprint density at radius 2 is 1.05 bits per heavy atom. The van der Waals surface area contributed by atoms with Gasteiger partial charge in [0.25, 0.3) is 0 Å². The molecule has 0 bridgehead atoms. The third-order valence-corrected chi connectivity index (χ3v) is 5.81. The first-order valence-corrected chi connectivity index (χ1v) is 13.2. The molecule has 2 fully saturated rings. The molecule has 0 aromatic heterocycles. The smallest absolute Gasteiger partial charge is 0.191 e. The molecule has 10 unspecified atom stereocenters. The summed E-state index contributed by atoms with van der Waals surface area (Å²) in [5.74, 6) is 0. The normalized spacial score (nSPS) is 31.9. The molecule has 2 rings (SSSR count). The first-order valence-electron chi connectivity index (χ1n) is 13.2. The second-order valence-electron chi connectivity index (χ2n) is 8.63. The Morgan fingerprint density at radius 1 is 0.667 bits per heavy atom.